The second kappa shape index (κ2) is 5.46. The SMILES string of the molecule is CO[C@@H]1CNCC1NC(=O)CN1CCCC1=O. The van der Waals surface area contributed by atoms with Gasteiger partial charge in [0.25, 0.3) is 0 Å². The zero-order valence-electron chi connectivity index (χ0n) is 10.1. The molecule has 0 saturated carbocycles. The van der Waals surface area contributed by atoms with Crippen molar-refractivity contribution in [2.24, 2.45) is 0 Å². The lowest BCUT2D eigenvalue weighted by Crippen LogP contribution is -2.47. The summed E-state index contributed by atoms with van der Waals surface area (Å²) in [5.74, 6) is -0.0241. The van der Waals surface area contributed by atoms with Gasteiger partial charge in [0.15, 0.2) is 0 Å². The van der Waals surface area contributed by atoms with E-state index < -0.39 is 0 Å². The van der Waals surface area contributed by atoms with Gasteiger partial charge in [0.2, 0.25) is 11.8 Å². The van der Waals surface area contributed by atoms with Crippen LogP contribution in [0, 0.1) is 0 Å². The van der Waals surface area contributed by atoms with Crippen LogP contribution in [0.25, 0.3) is 0 Å². The van der Waals surface area contributed by atoms with Crippen LogP contribution in [0.1, 0.15) is 12.8 Å². The molecule has 2 rings (SSSR count). The van der Waals surface area contributed by atoms with Gasteiger partial charge in [0.05, 0.1) is 18.7 Å². The highest BCUT2D eigenvalue weighted by Gasteiger charge is 2.29. The van der Waals surface area contributed by atoms with Crippen molar-refractivity contribution in [2.75, 3.05) is 33.3 Å². The van der Waals surface area contributed by atoms with Gasteiger partial charge < -0.3 is 20.3 Å². The van der Waals surface area contributed by atoms with E-state index in [9.17, 15) is 9.59 Å². The first-order valence-electron chi connectivity index (χ1n) is 6.01. The summed E-state index contributed by atoms with van der Waals surface area (Å²) in [7, 11) is 1.64. The first-order chi connectivity index (χ1) is 8.20. The van der Waals surface area contributed by atoms with Crippen LogP contribution in [0.3, 0.4) is 0 Å². The minimum absolute atomic E-state index is 0.00482. The van der Waals surface area contributed by atoms with Crippen molar-refractivity contribution < 1.29 is 14.3 Å². The molecule has 0 radical (unpaired) electrons. The zero-order valence-corrected chi connectivity index (χ0v) is 10.1. The van der Waals surface area contributed by atoms with Crippen LogP contribution in [-0.2, 0) is 14.3 Å². The standard InChI is InChI=1S/C11H19N3O3/c1-17-9-6-12-5-8(9)13-10(15)7-14-4-2-3-11(14)16/h8-9,12H,2-7H2,1H3,(H,13,15)/t8?,9-/m1/s1. The van der Waals surface area contributed by atoms with E-state index in [0.717, 1.165) is 19.5 Å². The molecule has 96 valence electrons. The van der Waals surface area contributed by atoms with Crippen molar-refractivity contribution in [3.8, 4) is 0 Å². The number of ether oxygens (including phenoxy) is 1. The van der Waals surface area contributed by atoms with Crippen LogP contribution in [0.2, 0.25) is 0 Å². The maximum atomic E-state index is 11.8. The first-order valence-corrected chi connectivity index (χ1v) is 6.01. The number of rotatable bonds is 4. The van der Waals surface area contributed by atoms with Crippen LogP contribution in [0.5, 0.6) is 0 Å². The normalized spacial score (nSPS) is 28.8. The third-order valence-electron chi connectivity index (χ3n) is 3.31. The molecular weight excluding hydrogens is 222 g/mol. The van der Waals surface area contributed by atoms with Gasteiger partial charge in [0.1, 0.15) is 0 Å². The topological polar surface area (TPSA) is 70.7 Å². The van der Waals surface area contributed by atoms with E-state index in [1.165, 1.54) is 0 Å². The second-order valence-corrected chi connectivity index (χ2v) is 4.53. The molecule has 2 aliphatic heterocycles. The molecular formula is C11H19N3O3. The Morgan fingerprint density at radius 2 is 2.41 bits per heavy atom. The van der Waals surface area contributed by atoms with Crippen molar-refractivity contribution in [3.63, 3.8) is 0 Å². The van der Waals surface area contributed by atoms with Gasteiger partial charge >= 0.3 is 0 Å². The van der Waals surface area contributed by atoms with Gasteiger partial charge in [-0.3, -0.25) is 9.59 Å². The molecule has 0 aliphatic carbocycles. The van der Waals surface area contributed by atoms with Crippen LogP contribution in [0.4, 0.5) is 0 Å². The summed E-state index contributed by atoms with van der Waals surface area (Å²) in [6.45, 7) is 2.34. The molecule has 1 unspecified atom stereocenters. The zero-order chi connectivity index (χ0) is 12.3. The van der Waals surface area contributed by atoms with E-state index in [-0.39, 0.29) is 30.5 Å². The Morgan fingerprint density at radius 1 is 1.59 bits per heavy atom. The predicted molar refractivity (Wildman–Crippen MR) is 61.4 cm³/mol. The molecule has 2 atom stereocenters. The van der Waals surface area contributed by atoms with E-state index in [4.69, 9.17) is 4.74 Å². The fraction of sp³-hybridized carbons (Fsp3) is 0.818. The molecule has 2 aliphatic rings. The molecule has 2 heterocycles. The van der Waals surface area contributed by atoms with Gasteiger partial charge in [-0.1, -0.05) is 0 Å². The average molecular weight is 241 g/mol. The van der Waals surface area contributed by atoms with Crippen molar-refractivity contribution >= 4 is 11.8 Å². The fourth-order valence-electron chi connectivity index (χ4n) is 2.34. The van der Waals surface area contributed by atoms with Crippen LogP contribution in [-0.4, -0.2) is 62.1 Å². The number of nitrogens with zero attached hydrogens (tertiary/aromatic N) is 1. The molecule has 2 N–H and O–H groups in total. The Hall–Kier alpha value is -1.14. The molecule has 6 heteroatoms. The van der Waals surface area contributed by atoms with Gasteiger partial charge in [-0.15, -0.1) is 0 Å². The van der Waals surface area contributed by atoms with E-state index >= 15 is 0 Å². The highest BCUT2D eigenvalue weighted by atomic mass is 16.5. The lowest BCUT2D eigenvalue weighted by atomic mass is 10.2. The Morgan fingerprint density at radius 3 is 3.06 bits per heavy atom. The number of carbonyl (C=O) groups is 2. The van der Waals surface area contributed by atoms with Gasteiger partial charge in [-0.25, -0.2) is 0 Å². The maximum absolute atomic E-state index is 11.8. The molecule has 0 bridgehead atoms. The lowest BCUT2D eigenvalue weighted by molar-refractivity contribution is -0.133. The summed E-state index contributed by atoms with van der Waals surface area (Å²) in [4.78, 5) is 24.8. The monoisotopic (exact) mass is 241 g/mol. The maximum Gasteiger partial charge on any atom is 0.239 e. The molecule has 2 fully saturated rings. The molecule has 0 aromatic rings. The van der Waals surface area contributed by atoms with E-state index in [1.54, 1.807) is 12.0 Å². The largest absolute Gasteiger partial charge is 0.378 e. The number of nitrogens with one attached hydrogen (secondary N) is 2. The van der Waals surface area contributed by atoms with Crippen molar-refractivity contribution in [2.45, 2.75) is 25.0 Å². The fourth-order valence-corrected chi connectivity index (χ4v) is 2.34. The minimum atomic E-state index is -0.101. The number of hydrogen-bond donors (Lipinski definition) is 2. The first kappa shape index (κ1) is 12.3. The summed E-state index contributed by atoms with van der Waals surface area (Å²) < 4.78 is 5.26. The van der Waals surface area contributed by atoms with E-state index in [0.29, 0.717) is 13.0 Å². The summed E-state index contributed by atoms with van der Waals surface area (Å²) in [5.41, 5.74) is 0. The number of amides is 2. The Kier molecular flexibility index (Phi) is 3.96. The average Bonchev–Trinajstić information content (AvgIpc) is 2.89. The van der Waals surface area contributed by atoms with Crippen LogP contribution < -0.4 is 10.6 Å². The summed E-state index contributed by atoms with van der Waals surface area (Å²) >= 11 is 0. The summed E-state index contributed by atoms with van der Waals surface area (Å²) in [6, 6.07) is 0.00482. The van der Waals surface area contributed by atoms with Crippen LogP contribution in [0.15, 0.2) is 0 Å². The number of methoxy groups -OCH3 is 1. The molecule has 6 nitrogen and oxygen atoms in total. The van der Waals surface area contributed by atoms with Crippen LogP contribution >= 0.6 is 0 Å². The third-order valence-corrected chi connectivity index (χ3v) is 3.31. The van der Waals surface area contributed by atoms with Gasteiger partial charge in [0, 0.05) is 33.2 Å². The molecule has 0 aromatic carbocycles. The van der Waals surface area contributed by atoms with Gasteiger partial charge in [-0.05, 0) is 6.42 Å². The van der Waals surface area contributed by atoms with Gasteiger partial charge in [-0.2, -0.15) is 0 Å². The molecule has 0 spiro atoms. The van der Waals surface area contributed by atoms with Crippen molar-refractivity contribution in [1.82, 2.24) is 15.5 Å². The summed E-state index contributed by atoms with van der Waals surface area (Å²) in [6.07, 6.45) is 1.45. The third kappa shape index (κ3) is 2.95. The summed E-state index contributed by atoms with van der Waals surface area (Å²) in [5, 5.41) is 6.07. The van der Waals surface area contributed by atoms with Crippen molar-refractivity contribution in [1.29, 1.82) is 0 Å². The predicted octanol–water partition coefficient (Wildman–Crippen LogP) is -1.29. The Labute approximate surface area is 101 Å². The molecule has 0 aromatic heterocycles. The number of likely N-dealkylation sites (tertiary alicyclic amines) is 1. The lowest BCUT2D eigenvalue weighted by Gasteiger charge is -2.21. The molecule has 2 saturated heterocycles. The highest BCUT2D eigenvalue weighted by molar-refractivity contribution is 5.86. The molecule has 17 heavy (non-hydrogen) atoms. The highest BCUT2D eigenvalue weighted by Crippen LogP contribution is 2.09. The van der Waals surface area contributed by atoms with Crippen molar-refractivity contribution in [3.05, 3.63) is 0 Å². The Balaban J connectivity index is 1.78. The minimum Gasteiger partial charge on any atom is -0.378 e. The quantitative estimate of drug-likeness (QED) is 0.642. The number of carbonyl (C=O) groups excluding carboxylic acids is 2. The molecule has 2 amide bonds. The number of hydrogen-bond acceptors (Lipinski definition) is 4. The Bertz CT molecular complexity index is 308. The second-order valence-electron chi connectivity index (χ2n) is 4.53. The van der Waals surface area contributed by atoms with E-state index in [1.807, 2.05) is 0 Å². The van der Waals surface area contributed by atoms with E-state index in [2.05, 4.69) is 10.6 Å². The smallest absolute Gasteiger partial charge is 0.239 e.